The lowest BCUT2D eigenvalue weighted by molar-refractivity contribution is -0.383. The number of anilines is 1. The number of non-ortho nitro benzene ring substituents is 1. The molecule has 2 rings (SSSR count). The molecule has 0 spiro atoms. The van der Waals surface area contributed by atoms with E-state index < -0.39 is 0 Å². The van der Waals surface area contributed by atoms with Crippen molar-refractivity contribution in [1.29, 1.82) is 0 Å². The molecule has 0 saturated heterocycles. The average Bonchev–Trinajstić information content (AvgIpc) is 2.59. The minimum absolute atomic E-state index is 0.132. The van der Waals surface area contributed by atoms with Gasteiger partial charge in [-0.2, -0.15) is 0 Å². The molecule has 0 unspecified atom stereocenters. The third kappa shape index (κ3) is 1.13. The third-order valence-electron chi connectivity index (χ3n) is 2.16. The molecular weight excluding hydrogens is 200 g/mol. The van der Waals surface area contributed by atoms with Crippen molar-refractivity contribution in [3.63, 3.8) is 0 Å². The number of rotatable bonds is 1. The van der Waals surface area contributed by atoms with Gasteiger partial charge in [-0.15, -0.1) is 11.3 Å². The molecule has 0 radical (unpaired) electrons. The van der Waals surface area contributed by atoms with Crippen LogP contribution in [0.1, 0.15) is 5.56 Å². The van der Waals surface area contributed by atoms with Crippen LogP contribution in [0.15, 0.2) is 17.5 Å². The molecule has 2 aromatic rings. The Morgan fingerprint density at radius 3 is 2.93 bits per heavy atom. The number of nitrogens with zero attached hydrogens (tertiary/aromatic N) is 1. The Hall–Kier alpha value is -1.62. The first-order valence-electron chi connectivity index (χ1n) is 4.02. The van der Waals surface area contributed by atoms with Gasteiger partial charge in [-0.05, 0) is 23.9 Å². The molecule has 0 atom stereocenters. The van der Waals surface area contributed by atoms with Gasteiger partial charge in [0.2, 0.25) is 0 Å². The van der Waals surface area contributed by atoms with Crippen molar-refractivity contribution in [3.05, 3.63) is 33.2 Å². The number of fused-ring (bicyclic) bond motifs is 1. The van der Waals surface area contributed by atoms with Gasteiger partial charge >= 0.3 is 0 Å². The second-order valence-electron chi connectivity index (χ2n) is 3.05. The Morgan fingerprint density at radius 1 is 1.57 bits per heavy atom. The summed E-state index contributed by atoms with van der Waals surface area (Å²) in [5, 5.41) is 13.2. The number of hydrogen-bond donors (Lipinski definition) is 1. The Morgan fingerprint density at radius 2 is 2.29 bits per heavy atom. The zero-order valence-electron chi connectivity index (χ0n) is 7.48. The molecule has 2 N–H and O–H groups in total. The van der Waals surface area contributed by atoms with Gasteiger partial charge in [-0.25, -0.2) is 0 Å². The van der Waals surface area contributed by atoms with E-state index in [-0.39, 0.29) is 10.6 Å². The highest BCUT2D eigenvalue weighted by molar-refractivity contribution is 7.18. The SMILES string of the molecule is Cc1cc([N+](=O)[O-])c2ccsc2c1N. The third-order valence-corrected chi connectivity index (χ3v) is 3.11. The van der Waals surface area contributed by atoms with Gasteiger partial charge < -0.3 is 5.73 Å². The van der Waals surface area contributed by atoms with Crippen LogP contribution in [0, 0.1) is 17.0 Å². The first-order valence-corrected chi connectivity index (χ1v) is 4.90. The molecular formula is C9H8N2O2S. The van der Waals surface area contributed by atoms with Gasteiger partial charge in [0.25, 0.3) is 5.69 Å². The molecule has 0 aliphatic rings. The van der Waals surface area contributed by atoms with Crippen LogP contribution in [0.3, 0.4) is 0 Å². The van der Waals surface area contributed by atoms with Crippen molar-refractivity contribution in [2.45, 2.75) is 6.92 Å². The number of nitrogen functional groups attached to an aromatic ring is 1. The van der Waals surface area contributed by atoms with Crippen LogP contribution >= 0.6 is 11.3 Å². The number of nitro benzene ring substituents is 1. The fraction of sp³-hybridized carbons (Fsp3) is 0.111. The lowest BCUT2D eigenvalue weighted by atomic mass is 10.1. The predicted octanol–water partition coefficient (Wildman–Crippen LogP) is 2.70. The fourth-order valence-corrected chi connectivity index (χ4v) is 2.34. The van der Waals surface area contributed by atoms with E-state index in [2.05, 4.69) is 0 Å². The van der Waals surface area contributed by atoms with Crippen molar-refractivity contribution >= 4 is 32.8 Å². The smallest absolute Gasteiger partial charge is 0.278 e. The van der Waals surface area contributed by atoms with Crippen LogP contribution < -0.4 is 5.73 Å². The number of nitrogens with two attached hydrogens (primary N) is 1. The van der Waals surface area contributed by atoms with Crippen LogP contribution in [-0.4, -0.2) is 4.92 Å². The summed E-state index contributed by atoms with van der Waals surface area (Å²) in [6, 6.07) is 3.25. The van der Waals surface area contributed by atoms with Gasteiger partial charge in [0.1, 0.15) is 0 Å². The normalized spacial score (nSPS) is 10.6. The van der Waals surface area contributed by atoms with Crippen LogP contribution in [0.25, 0.3) is 10.1 Å². The molecule has 1 aromatic carbocycles. The van der Waals surface area contributed by atoms with E-state index >= 15 is 0 Å². The van der Waals surface area contributed by atoms with Gasteiger partial charge in [0, 0.05) is 6.07 Å². The van der Waals surface area contributed by atoms with Crippen LogP contribution in [0.2, 0.25) is 0 Å². The molecule has 0 saturated carbocycles. The molecule has 1 heterocycles. The first-order chi connectivity index (χ1) is 6.61. The van der Waals surface area contributed by atoms with Crippen molar-refractivity contribution < 1.29 is 4.92 Å². The molecule has 14 heavy (non-hydrogen) atoms. The quantitative estimate of drug-likeness (QED) is 0.445. The van der Waals surface area contributed by atoms with Crippen LogP contribution in [0.5, 0.6) is 0 Å². The Bertz CT molecular complexity index is 519. The van der Waals surface area contributed by atoms with Gasteiger partial charge in [-0.3, -0.25) is 10.1 Å². The Balaban J connectivity index is 2.91. The van der Waals surface area contributed by atoms with E-state index in [1.54, 1.807) is 13.0 Å². The number of aryl methyl sites for hydroxylation is 1. The highest BCUT2D eigenvalue weighted by Gasteiger charge is 2.16. The van der Waals surface area contributed by atoms with Crippen molar-refractivity contribution in [1.82, 2.24) is 0 Å². The molecule has 0 fully saturated rings. The molecule has 5 heteroatoms. The summed E-state index contributed by atoms with van der Waals surface area (Å²) in [5.41, 5.74) is 7.35. The Labute approximate surface area is 84.1 Å². The van der Waals surface area contributed by atoms with Gasteiger partial charge in [0.05, 0.1) is 20.7 Å². The number of nitro groups is 1. The lowest BCUT2D eigenvalue weighted by Crippen LogP contribution is -1.94. The maximum atomic E-state index is 10.7. The first kappa shape index (κ1) is 8.96. The van der Waals surface area contributed by atoms with E-state index in [9.17, 15) is 10.1 Å². The summed E-state index contributed by atoms with van der Waals surface area (Å²) < 4.78 is 0.803. The monoisotopic (exact) mass is 208 g/mol. The van der Waals surface area contributed by atoms with E-state index in [4.69, 9.17) is 5.73 Å². The summed E-state index contributed by atoms with van der Waals surface area (Å²) in [6.45, 7) is 1.78. The second kappa shape index (κ2) is 2.95. The number of thiophene rings is 1. The summed E-state index contributed by atoms with van der Waals surface area (Å²) in [4.78, 5) is 10.4. The summed E-state index contributed by atoms with van der Waals surface area (Å²) in [5.74, 6) is 0. The zero-order valence-corrected chi connectivity index (χ0v) is 8.30. The topological polar surface area (TPSA) is 69.2 Å². The summed E-state index contributed by atoms with van der Waals surface area (Å²) in [6.07, 6.45) is 0. The Kier molecular flexibility index (Phi) is 1.89. The molecule has 0 aliphatic heterocycles. The maximum Gasteiger partial charge on any atom is 0.278 e. The number of benzene rings is 1. The summed E-state index contributed by atoms with van der Waals surface area (Å²) in [7, 11) is 0. The van der Waals surface area contributed by atoms with Crippen molar-refractivity contribution in [2.75, 3.05) is 5.73 Å². The summed E-state index contributed by atoms with van der Waals surface area (Å²) >= 11 is 1.43. The standard InChI is InChI=1S/C9H8N2O2S/c1-5-4-7(11(12)13)6-2-3-14-9(6)8(5)10/h2-4H,10H2,1H3. The van der Waals surface area contributed by atoms with Crippen molar-refractivity contribution in [2.24, 2.45) is 0 Å². The van der Waals surface area contributed by atoms with E-state index in [0.29, 0.717) is 11.1 Å². The van der Waals surface area contributed by atoms with E-state index in [0.717, 1.165) is 10.3 Å². The largest absolute Gasteiger partial charge is 0.397 e. The lowest BCUT2D eigenvalue weighted by Gasteiger charge is -2.01. The molecule has 0 aliphatic carbocycles. The van der Waals surface area contributed by atoms with Gasteiger partial charge in [-0.1, -0.05) is 0 Å². The highest BCUT2D eigenvalue weighted by atomic mass is 32.1. The van der Waals surface area contributed by atoms with E-state index in [1.807, 2.05) is 5.38 Å². The average molecular weight is 208 g/mol. The maximum absolute atomic E-state index is 10.7. The van der Waals surface area contributed by atoms with Crippen LogP contribution in [0.4, 0.5) is 11.4 Å². The zero-order chi connectivity index (χ0) is 10.3. The molecule has 0 bridgehead atoms. The second-order valence-corrected chi connectivity index (χ2v) is 3.96. The van der Waals surface area contributed by atoms with Crippen molar-refractivity contribution in [3.8, 4) is 0 Å². The van der Waals surface area contributed by atoms with Gasteiger partial charge in [0.15, 0.2) is 0 Å². The molecule has 1 aromatic heterocycles. The van der Waals surface area contributed by atoms with Crippen LogP contribution in [-0.2, 0) is 0 Å². The fourth-order valence-electron chi connectivity index (χ4n) is 1.41. The highest BCUT2D eigenvalue weighted by Crippen LogP contribution is 2.36. The molecule has 4 nitrogen and oxygen atoms in total. The molecule has 72 valence electrons. The molecule has 0 amide bonds. The van der Waals surface area contributed by atoms with E-state index in [1.165, 1.54) is 17.4 Å². The number of hydrogen-bond acceptors (Lipinski definition) is 4. The predicted molar refractivity (Wildman–Crippen MR) is 57.6 cm³/mol. The minimum Gasteiger partial charge on any atom is -0.397 e. The minimum atomic E-state index is -0.374.